The van der Waals surface area contributed by atoms with Crippen LogP contribution in [0, 0.1) is 0 Å². The highest BCUT2D eigenvalue weighted by Gasteiger charge is 2.30. The van der Waals surface area contributed by atoms with Crippen LogP contribution in [0.5, 0.6) is 0 Å². The normalized spacial score (nSPS) is 11.6. The number of aldehydes is 1. The van der Waals surface area contributed by atoms with Gasteiger partial charge in [0.25, 0.3) is 0 Å². The Kier molecular flexibility index (Phi) is 4.38. The third-order valence-corrected chi connectivity index (χ3v) is 4.00. The Morgan fingerprint density at radius 2 is 1.62 bits per heavy atom. The summed E-state index contributed by atoms with van der Waals surface area (Å²) in [5.41, 5.74) is 1.94. The van der Waals surface area contributed by atoms with Gasteiger partial charge in [0.1, 0.15) is 6.29 Å². The Morgan fingerprint density at radius 1 is 0.917 bits per heavy atom. The Morgan fingerprint density at radius 3 is 2.29 bits per heavy atom. The van der Waals surface area contributed by atoms with E-state index in [1.165, 1.54) is 12.1 Å². The number of carbonyl (C=O) groups excluding carboxylic acids is 1. The van der Waals surface area contributed by atoms with E-state index in [-0.39, 0.29) is 0 Å². The van der Waals surface area contributed by atoms with Gasteiger partial charge in [-0.15, -0.1) is 0 Å². The zero-order chi connectivity index (χ0) is 17.2. The van der Waals surface area contributed by atoms with E-state index >= 15 is 0 Å². The standard InChI is InChI=1S/C20H15F3O/c21-20(22,23)17-9-7-15(8-10-17)19-13-14(4-3-11-24)12-16-5-1-2-6-18(16)19/h1-2,5-13H,3-4H2. The predicted molar refractivity (Wildman–Crippen MR) is 88.8 cm³/mol. The topological polar surface area (TPSA) is 17.1 Å². The first-order chi connectivity index (χ1) is 11.5. The van der Waals surface area contributed by atoms with E-state index in [9.17, 15) is 18.0 Å². The zero-order valence-corrected chi connectivity index (χ0v) is 12.8. The molecule has 3 aromatic rings. The first-order valence-electron chi connectivity index (χ1n) is 7.62. The molecule has 0 aliphatic carbocycles. The number of rotatable bonds is 4. The number of aryl methyl sites for hydroxylation is 1. The summed E-state index contributed by atoms with van der Waals surface area (Å²) in [7, 11) is 0. The number of fused-ring (bicyclic) bond motifs is 1. The van der Waals surface area contributed by atoms with Crippen LogP contribution in [0.15, 0.2) is 60.7 Å². The summed E-state index contributed by atoms with van der Waals surface area (Å²) in [5.74, 6) is 0. The molecule has 0 radical (unpaired) electrons. The summed E-state index contributed by atoms with van der Waals surface area (Å²) in [6.07, 6.45) is -2.44. The Bertz CT molecular complexity index is 864. The molecule has 0 saturated carbocycles. The van der Waals surface area contributed by atoms with Crippen LogP contribution in [0.3, 0.4) is 0 Å². The third kappa shape index (κ3) is 3.32. The fourth-order valence-electron chi connectivity index (χ4n) is 2.82. The van der Waals surface area contributed by atoms with E-state index in [4.69, 9.17) is 0 Å². The van der Waals surface area contributed by atoms with Crippen molar-refractivity contribution in [1.82, 2.24) is 0 Å². The summed E-state index contributed by atoms with van der Waals surface area (Å²) in [5, 5.41) is 1.99. The van der Waals surface area contributed by atoms with E-state index in [0.29, 0.717) is 12.8 Å². The van der Waals surface area contributed by atoms with Gasteiger partial charge in [0, 0.05) is 6.42 Å². The van der Waals surface area contributed by atoms with Gasteiger partial charge < -0.3 is 4.79 Å². The van der Waals surface area contributed by atoms with Crippen molar-refractivity contribution in [2.45, 2.75) is 19.0 Å². The summed E-state index contributed by atoms with van der Waals surface area (Å²) in [6, 6.07) is 16.9. The van der Waals surface area contributed by atoms with E-state index < -0.39 is 11.7 Å². The second-order valence-corrected chi connectivity index (χ2v) is 5.64. The minimum atomic E-state index is -4.34. The maximum Gasteiger partial charge on any atom is 0.416 e. The monoisotopic (exact) mass is 328 g/mol. The Labute approximate surface area is 137 Å². The number of benzene rings is 3. The van der Waals surface area contributed by atoms with Crippen molar-refractivity contribution in [3.05, 3.63) is 71.8 Å². The molecule has 0 fully saturated rings. The second kappa shape index (κ2) is 6.48. The van der Waals surface area contributed by atoms with E-state index in [2.05, 4.69) is 0 Å². The lowest BCUT2D eigenvalue weighted by atomic mass is 9.94. The van der Waals surface area contributed by atoms with Crippen molar-refractivity contribution in [2.75, 3.05) is 0 Å². The minimum Gasteiger partial charge on any atom is -0.303 e. The molecule has 122 valence electrons. The van der Waals surface area contributed by atoms with Crippen LogP contribution in [0.25, 0.3) is 21.9 Å². The van der Waals surface area contributed by atoms with Gasteiger partial charge in [0.15, 0.2) is 0 Å². The SMILES string of the molecule is O=CCCc1cc(-c2ccc(C(F)(F)F)cc2)c2ccccc2c1. The molecule has 3 aromatic carbocycles. The van der Waals surface area contributed by atoms with Gasteiger partial charge in [0.05, 0.1) is 5.56 Å². The van der Waals surface area contributed by atoms with Crippen molar-refractivity contribution in [3.63, 3.8) is 0 Å². The van der Waals surface area contributed by atoms with Gasteiger partial charge in [-0.05, 0) is 46.0 Å². The van der Waals surface area contributed by atoms with Crippen molar-refractivity contribution >= 4 is 17.1 Å². The lowest BCUT2D eigenvalue weighted by molar-refractivity contribution is -0.137. The fourth-order valence-corrected chi connectivity index (χ4v) is 2.82. The third-order valence-electron chi connectivity index (χ3n) is 4.00. The maximum atomic E-state index is 12.7. The molecule has 0 spiro atoms. The van der Waals surface area contributed by atoms with Gasteiger partial charge in [-0.3, -0.25) is 0 Å². The van der Waals surface area contributed by atoms with Gasteiger partial charge in [-0.1, -0.05) is 48.5 Å². The lowest BCUT2D eigenvalue weighted by Gasteiger charge is -2.12. The average molecular weight is 328 g/mol. The number of hydrogen-bond acceptors (Lipinski definition) is 1. The Hall–Kier alpha value is -2.62. The Balaban J connectivity index is 2.11. The molecule has 4 heteroatoms. The molecule has 0 atom stereocenters. The molecular weight excluding hydrogens is 313 g/mol. The minimum absolute atomic E-state index is 0.421. The van der Waals surface area contributed by atoms with Crippen molar-refractivity contribution in [2.24, 2.45) is 0 Å². The van der Waals surface area contributed by atoms with Crippen LogP contribution in [0.4, 0.5) is 13.2 Å². The lowest BCUT2D eigenvalue weighted by Crippen LogP contribution is -2.04. The van der Waals surface area contributed by atoms with Crippen molar-refractivity contribution in [1.29, 1.82) is 0 Å². The van der Waals surface area contributed by atoms with Crippen molar-refractivity contribution in [3.8, 4) is 11.1 Å². The highest BCUT2D eigenvalue weighted by atomic mass is 19.4. The smallest absolute Gasteiger partial charge is 0.303 e. The number of hydrogen-bond donors (Lipinski definition) is 0. The zero-order valence-electron chi connectivity index (χ0n) is 12.8. The molecule has 0 amide bonds. The number of carbonyl (C=O) groups is 1. The first-order valence-corrected chi connectivity index (χ1v) is 7.62. The van der Waals surface area contributed by atoms with Gasteiger partial charge >= 0.3 is 6.18 Å². The van der Waals surface area contributed by atoms with Gasteiger partial charge in [-0.2, -0.15) is 13.2 Å². The van der Waals surface area contributed by atoms with Crippen LogP contribution in [-0.2, 0) is 17.4 Å². The molecule has 0 unspecified atom stereocenters. The molecule has 0 bridgehead atoms. The summed E-state index contributed by atoms with van der Waals surface area (Å²) in [4.78, 5) is 10.6. The molecule has 3 rings (SSSR count). The highest BCUT2D eigenvalue weighted by Crippen LogP contribution is 2.34. The maximum absolute atomic E-state index is 12.7. The van der Waals surface area contributed by atoms with E-state index in [1.54, 1.807) is 0 Å². The van der Waals surface area contributed by atoms with Crippen LogP contribution in [0.2, 0.25) is 0 Å². The summed E-state index contributed by atoms with van der Waals surface area (Å²) >= 11 is 0. The largest absolute Gasteiger partial charge is 0.416 e. The highest BCUT2D eigenvalue weighted by molar-refractivity contribution is 5.97. The molecule has 1 nitrogen and oxygen atoms in total. The number of alkyl halides is 3. The summed E-state index contributed by atoms with van der Waals surface area (Å²) < 4.78 is 38.2. The molecule has 24 heavy (non-hydrogen) atoms. The molecule has 0 N–H and O–H groups in total. The summed E-state index contributed by atoms with van der Waals surface area (Å²) in [6.45, 7) is 0. The molecule has 0 aliphatic rings. The molecule has 0 saturated heterocycles. The molecular formula is C20H15F3O. The van der Waals surface area contributed by atoms with Crippen LogP contribution in [0.1, 0.15) is 17.5 Å². The quantitative estimate of drug-likeness (QED) is 0.565. The predicted octanol–water partition coefficient (Wildman–Crippen LogP) is 5.66. The van der Waals surface area contributed by atoms with Crippen LogP contribution in [-0.4, -0.2) is 6.29 Å². The van der Waals surface area contributed by atoms with Gasteiger partial charge in [0.2, 0.25) is 0 Å². The molecule has 0 heterocycles. The van der Waals surface area contributed by atoms with Crippen LogP contribution >= 0.6 is 0 Å². The first kappa shape index (κ1) is 16.2. The van der Waals surface area contributed by atoms with E-state index in [0.717, 1.165) is 45.9 Å². The fraction of sp³-hybridized carbons (Fsp3) is 0.150. The molecule has 0 aliphatic heterocycles. The van der Waals surface area contributed by atoms with Crippen LogP contribution < -0.4 is 0 Å². The molecule has 0 aromatic heterocycles. The van der Waals surface area contributed by atoms with E-state index in [1.807, 2.05) is 36.4 Å². The van der Waals surface area contributed by atoms with Gasteiger partial charge in [-0.25, -0.2) is 0 Å². The average Bonchev–Trinajstić information content (AvgIpc) is 2.58. The second-order valence-electron chi connectivity index (χ2n) is 5.64. The number of halogens is 3. The van der Waals surface area contributed by atoms with Crippen molar-refractivity contribution < 1.29 is 18.0 Å².